The maximum Gasteiger partial charge on any atom is 0.169 e. The Morgan fingerprint density at radius 1 is 1.12 bits per heavy atom. The van der Waals surface area contributed by atoms with E-state index in [1.807, 2.05) is 0 Å². The van der Waals surface area contributed by atoms with E-state index in [4.69, 9.17) is 9.47 Å². The molecule has 1 aromatic carbocycles. The molecule has 0 saturated heterocycles. The van der Waals surface area contributed by atoms with Crippen LogP contribution in [0.5, 0.6) is 0 Å². The molecule has 0 aliphatic heterocycles. The molecular formula is C14H23NO2. The maximum atomic E-state index is 5.14. The van der Waals surface area contributed by atoms with Crippen LogP contribution in [0.15, 0.2) is 18.2 Å². The van der Waals surface area contributed by atoms with Crippen LogP contribution < -0.4 is 5.32 Å². The summed E-state index contributed by atoms with van der Waals surface area (Å²) in [5.74, 6) is 0. The third kappa shape index (κ3) is 4.11. The van der Waals surface area contributed by atoms with Crippen molar-refractivity contribution in [3.63, 3.8) is 0 Å². The smallest absolute Gasteiger partial charge is 0.169 e. The molecule has 1 unspecified atom stereocenters. The summed E-state index contributed by atoms with van der Waals surface area (Å²) in [6.45, 7) is 7.09. The lowest BCUT2D eigenvalue weighted by Gasteiger charge is -2.19. The summed E-state index contributed by atoms with van der Waals surface area (Å²) in [6.07, 6.45) is -0.191. The molecular weight excluding hydrogens is 214 g/mol. The van der Waals surface area contributed by atoms with Gasteiger partial charge in [0.25, 0.3) is 0 Å². The van der Waals surface area contributed by atoms with Gasteiger partial charge in [-0.2, -0.15) is 0 Å². The number of nitrogens with one attached hydrogen (secondary N) is 1. The Kier molecular flexibility index (Phi) is 5.62. The standard InChI is InChI=1S/C14H23NO2/c1-10-6-7-13(8-11(10)2)12(3)15-9-14(16-4)17-5/h6-8,12,14-15H,9H2,1-5H3. The van der Waals surface area contributed by atoms with Crippen LogP contribution in [0, 0.1) is 13.8 Å². The molecule has 0 saturated carbocycles. The number of rotatable bonds is 6. The van der Waals surface area contributed by atoms with E-state index in [1.54, 1.807) is 14.2 Å². The number of methoxy groups -OCH3 is 2. The molecule has 1 aromatic rings. The average molecular weight is 237 g/mol. The van der Waals surface area contributed by atoms with Crippen molar-refractivity contribution in [2.75, 3.05) is 20.8 Å². The van der Waals surface area contributed by atoms with Gasteiger partial charge in [-0.25, -0.2) is 0 Å². The van der Waals surface area contributed by atoms with E-state index in [2.05, 4.69) is 44.3 Å². The molecule has 96 valence electrons. The van der Waals surface area contributed by atoms with Gasteiger partial charge in [0.1, 0.15) is 0 Å². The van der Waals surface area contributed by atoms with Crippen LogP contribution >= 0.6 is 0 Å². The molecule has 0 spiro atoms. The molecule has 0 amide bonds. The SMILES string of the molecule is COC(CNC(C)c1ccc(C)c(C)c1)OC. The first-order chi connectivity index (χ1) is 8.08. The van der Waals surface area contributed by atoms with Crippen LogP contribution in [-0.2, 0) is 9.47 Å². The maximum absolute atomic E-state index is 5.14. The Bertz CT molecular complexity index is 348. The van der Waals surface area contributed by atoms with Crippen molar-refractivity contribution in [2.45, 2.75) is 33.1 Å². The minimum absolute atomic E-state index is 0.191. The van der Waals surface area contributed by atoms with Crippen molar-refractivity contribution >= 4 is 0 Å². The molecule has 0 fully saturated rings. The van der Waals surface area contributed by atoms with E-state index in [-0.39, 0.29) is 6.29 Å². The second-order valence-electron chi connectivity index (χ2n) is 4.37. The topological polar surface area (TPSA) is 30.5 Å². The minimum atomic E-state index is -0.191. The van der Waals surface area contributed by atoms with Gasteiger partial charge in [-0.3, -0.25) is 0 Å². The van der Waals surface area contributed by atoms with Crippen LogP contribution in [0.2, 0.25) is 0 Å². The highest BCUT2D eigenvalue weighted by Gasteiger charge is 2.09. The summed E-state index contributed by atoms with van der Waals surface area (Å²) < 4.78 is 10.3. The third-order valence-electron chi connectivity index (χ3n) is 3.15. The van der Waals surface area contributed by atoms with E-state index >= 15 is 0 Å². The second kappa shape index (κ2) is 6.74. The molecule has 0 bridgehead atoms. The lowest BCUT2D eigenvalue weighted by Crippen LogP contribution is -2.31. The van der Waals surface area contributed by atoms with Gasteiger partial charge in [-0.15, -0.1) is 0 Å². The fraction of sp³-hybridized carbons (Fsp3) is 0.571. The summed E-state index contributed by atoms with van der Waals surface area (Å²) in [4.78, 5) is 0. The van der Waals surface area contributed by atoms with E-state index in [0.717, 1.165) is 0 Å². The third-order valence-corrected chi connectivity index (χ3v) is 3.15. The van der Waals surface area contributed by atoms with Gasteiger partial charge < -0.3 is 14.8 Å². The fourth-order valence-corrected chi connectivity index (χ4v) is 1.69. The predicted molar refractivity (Wildman–Crippen MR) is 70.1 cm³/mol. The van der Waals surface area contributed by atoms with Crippen molar-refractivity contribution in [3.8, 4) is 0 Å². The highest BCUT2D eigenvalue weighted by Crippen LogP contribution is 2.16. The van der Waals surface area contributed by atoms with Gasteiger partial charge >= 0.3 is 0 Å². The molecule has 0 aliphatic rings. The van der Waals surface area contributed by atoms with Gasteiger partial charge in [-0.1, -0.05) is 18.2 Å². The number of hydrogen-bond donors (Lipinski definition) is 1. The van der Waals surface area contributed by atoms with Crippen LogP contribution in [0.3, 0.4) is 0 Å². The molecule has 3 heteroatoms. The molecule has 0 heterocycles. The predicted octanol–water partition coefficient (Wildman–Crippen LogP) is 2.57. The van der Waals surface area contributed by atoms with E-state index in [9.17, 15) is 0 Å². The molecule has 0 radical (unpaired) electrons. The van der Waals surface area contributed by atoms with Crippen LogP contribution in [0.4, 0.5) is 0 Å². The van der Waals surface area contributed by atoms with Crippen LogP contribution in [-0.4, -0.2) is 27.1 Å². The average Bonchev–Trinajstić information content (AvgIpc) is 2.33. The van der Waals surface area contributed by atoms with Gasteiger partial charge in [0, 0.05) is 26.8 Å². The van der Waals surface area contributed by atoms with Gasteiger partial charge in [0.2, 0.25) is 0 Å². The normalized spacial score (nSPS) is 13.1. The minimum Gasteiger partial charge on any atom is -0.355 e. The number of hydrogen-bond acceptors (Lipinski definition) is 3. The fourth-order valence-electron chi connectivity index (χ4n) is 1.69. The van der Waals surface area contributed by atoms with Crippen molar-refractivity contribution in [3.05, 3.63) is 34.9 Å². The van der Waals surface area contributed by atoms with Crippen molar-refractivity contribution in [2.24, 2.45) is 0 Å². The molecule has 1 atom stereocenters. The molecule has 1 N–H and O–H groups in total. The summed E-state index contributed by atoms with van der Waals surface area (Å²) >= 11 is 0. The van der Waals surface area contributed by atoms with Crippen molar-refractivity contribution in [1.82, 2.24) is 5.32 Å². The number of benzene rings is 1. The molecule has 0 aliphatic carbocycles. The van der Waals surface area contributed by atoms with E-state index in [1.165, 1.54) is 16.7 Å². The Hall–Kier alpha value is -0.900. The summed E-state index contributed by atoms with van der Waals surface area (Å²) in [5.41, 5.74) is 3.94. The largest absolute Gasteiger partial charge is 0.355 e. The van der Waals surface area contributed by atoms with Gasteiger partial charge in [0.15, 0.2) is 6.29 Å². The highest BCUT2D eigenvalue weighted by atomic mass is 16.7. The van der Waals surface area contributed by atoms with Crippen LogP contribution in [0.1, 0.15) is 29.7 Å². The molecule has 17 heavy (non-hydrogen) atoms. The second-order valence-corrected chi connectivity index (χ2v) is 4.37. The monoisotopic (exact) mass is 237 g/mol. The van der Waals surface area contributed by atoms with Crippen molar-refractivity contribution < 1.29 is 9.47 Å². The van der Waals surface area contributed by atoms with Gasteiger partial charge in [0.05, 0.1) is 0 Å². The molecule has 0 aromatic heterocycles. The summed E-state index contributed by atoms with van der Waals surface area (Å²) in [5, 5.41) is 3.40. The quantitative estimate of drug-likeness (QED) is 0.771. The zero-order valence-corrected chi connectivity index (χ0v) is 11.4. The Balaban J connectivity index is 2.57. The number of aryl methyl sites for hydroxylation is 2. The molecule has 3 nitrogen and oxygen atoms in total. The lowest BCUT2D eigenvalue weighted by molar-refractivity contribution is -0.0997. The number of ether oxygens (including phenoxy) is 2. The Morgan fingerprint density at radius 3 is 2.29 bits per heavy atom. The first kappa shape index (κ1) is 14.2. The summed E-state index contributed by atoms with van der Waals surface area (Å²) in [6, 6.07) is 6.84. The zero-order chi connectivity index (χ0) is 12.8. The Labute approximate surface area is 104 Å². The van der Waals surface area contributed by atoms with E-state index in [0.29, 0.717) is 12.6 Å². The zero-order valence-electron chi connectivity index (χ0n) is 11.4. The first-order valence-electron chi connectivity index (χ1n) is 5.94. The summed E-state index contributed by atoms with van der Waals surface area (Å²) in [7, 11) is 3.30. The lowest BCUT2D eigenvalue weighted by atomic mass is 10.0. The van der Waals surface area contributed by atoms with Crippen LogP contribution in [0.25, 0.3) is 0 Å². The van der Waals surface area contributed by atoms with Crippen molar-refractivity contribution in [1.29, 1.82) is 0 Å². The molecule has 1 rings (SSSR count). The first-order valence-corrected chi connectivity index (χ1v) is 5.94. The van der Waals surface area contributed by atoms with E-state index < -0.39 is 0 Å². The Morgan fingerprint density at radius 2 is 1.76 bits per heavy atom. The van der Waals surface area contributed by atoms with Gasteiger partial charge in [-0.05, 0) is 37.5 Å². The highest BCUT2D eigenvalue weighted by molar-refractivity contribution is 5.31.